The van der Waals surface area contributed by atoms with Gasteiger partial charge < -0.3 is 0 Å². The highest BCUT2D eigenvalue weighted by atomic mass is 16.2. The molecule has 9 heteroatoms. The van der Waals surface area contributed by atoms with E-state index >= 15 is 0 Å². The van der Waals surface area contributed by atoms with Gasteiger partial charge in [0, 0.05) is 44.0 Å². The van der Waals surface area contributed by atoms with Crippen molar-refractivity contribution in [3.8, 4) is 0 Å². The van der Waals surface area contributed by atoms with E-state index in [1.54, 1.807) is 19.7 Å². The lowest BCUT2D eigenvalue weighted by atomic mass is 9.96. The van der Waals surface area contributed by atoms with E-state index in [0.717, 1.165) is 44.0 Å². The molecule has 150 valence electrons. The lowest BCUT2D eigenvalue weighted by molar-refractivity contribution is 0.194. The van der Waals surface area contributed by atoms with Crippen molar-refractivity contribution >= 4 is 0 Å². The summed E-state index contributed by atoms with van der Waals surface area (Å²) in [5, 5.41) is 12.4. The summed E-state index contributed by atoms with van der Waals surface area (Å²) < 4.78 is 7.31. The van der Waals surface area contributed by atoms with E-state index in [1.807, 2.05) is 16.2 Å². The summed E-state index contributed by atoms with van der Waals surface area (Å²) in [5.41, 5.74) is 3.64. The van der Waals surface area contributed by atoms with E-state index in [0.29, 0.717) is 12.5 Å². The standard InChI is InChI=1S/C19H28N8O/c1-5-26-18(22-23(4)19(26)28)16-7-6-8-24(10-16)11-17-9-14(2)27(15(17)3)25-12-20-21-13-25/h9,12-13,16H,5-8,10-11H2,1-4H3. The van der Waals surface area contributed by atoms with Crippen molar-refractivity contribution in [3.05, 3.63) is 52.0 Å². The number of hydrogen-bond acceptors (Lipinski definition) is 5. The zero-order valence-electron chi connectivity index (χ0n) is 17.0. The van der Waals surface area contributed by atoms with Crippen LogP contribution in [0.4, 0.5) is 0 Å². The van der Waals surface area contributed by atoms with Crippen molar-refractivity contribution in [1.82, 2.24) is 38.8 Å². The Morgan fingerprint density at radius 1 is 1.21 bits per heavy atom. The molecule has 9 nitrogen and oxygen atoms in total. The summed E-state index contributed by atoms with van der Waals surface area (Å²) >= 11 is 0. The van der Waals surface area contributed by atoms with Gasteiger partial charge in [0.2, 0.25) is 0 Å². The first-order valence-corrected chi connectivity index (χ1v) is 9.88. The fourth-order valence-corrected chi connectivity index (χ4v) is 4.41. The molecule has 0 aromatic carbocycles. The predicted molar refractivity (Wildman–Crippen MR) is 105 cm³/mol. The van der Waals surface area contributed by atoms with Gasteiger partial charge in [-0.1, -0.05) is 0 Å². The van der Waals surface area contributed by atoms with Crippen LogP contribution in [0.25, 0.3) is 0 Å². The van der Waals surface area contributed by atoms with Crippen LogP contribution in [0.1, 0.15) is 48.5 Å². The zero-order valence-corrected chi connectivity index (χ0v) is 17.0. The maximum absolute atomic E-state index is 12.3. The van der Waals surface area contributed by atoms with Crippen LogP contribution in [-0.2, 0) is 20.1 Å². The number of rotatable bonds is 5. The Bertz CT molecular complexity index is 1010. The molecule has 1 unspecified atom stereocenters. The van der Waals surface area contributed by atoms with Gasteiger partial charge in [0.15, 0.2) is 0 Å². The first-order chi connectivity index (χ1) is 13.5. The molecule has 1 aliphatic heterocycles. The minimum atomic E-state index is -0.0212. The van der Waals surface area contributed by atoms with Gasteiger partial charge in [-0.25, -0.2) is 14.2 Å². The number of piperidine rings is 1. The Kier molecular flexibility index (Phi) is 4.92. The van der Waals surface area contributed by atoms with Crippen molar-refractivity contribution in [2.45, 2.75) is 52.6 Å². The molecule has 3 aromatic rings. The number of nitrogens with zero attached hydrogens (tertiary/aromatic N) is 8. The van der Waals surface area contributed by atoms with Crippen LogP contribution in [-0.4, -0.2) is 51.9 Å². The SMILES string of the molecule is CCn1c(C2CCCN(Cc3cc(C)n(-n4cnnc4)c3C)C2)nn(C)c1=O. The Morgan fingerprint density at radius 3 is 2.68 bits per heavy atom. The third kappa shape index (κ3) is 3.19. The van der Waals surface area contributed by atoms with Gasteiger partial charge in [-0.3, -0.25) is 14.1 Å². The third-order valence-electron chi connectivity index (χ3n) is 5.75. The Morgan fingerprint density at radius 2 is 1.96 bits per heavy atom. The Balaban J connectivity index is 1.55. The Hall–Kier alpha value is -2.68. The van der Waals surface area contributed by atoms with Crippen molar-refractivity contribution in [3.63, 3.8) is 0 Å². The fraction of sp³-hybridized carbons (Fsp3) is 0.579. The largest absolute Gasteiger partial charge is 0.345 e. The van der Waals surface area contributed by atoms with Crippen LogP contribution in [0.3, 0.4) is 0 Å². The molecule has 0 amide bonds. The van der Waals surface area contributed by atoms with Crippen LogP contribution in [0.15, 0.2) is 23.5 Å². The van der Waals surface area contributed by atoms with Crippen LogP contribution in [0.2, 0.25) is 0 Å². The highest BCUT2D eigenvalue weighted by Crippen LogP contribution is 2.27. The second-order valence-corrected chi connectivity index (χ2v) is 7.63. The van der Waals surface area contributed by atoms with Gasteiger partial charge in [0.25, 0.3) is 0 Å². The molecule has 3 aromatic heterocycles. The molecule has 1 saturated heterocycles. The first-order valence-electron chi connectivity index (χ1n) is 9.88. The lowest BCUT2D eigenvalue weighted by Gasteiger charge is -2.32. The van der Waals surface area contributed by atoms with Crippen molar-refractivity contribution in [2.24, 2.45) is 7.05 Å². The van der Waals surface area contributed by atoms with Crippen LogP contribution < -0.4 is 5.69 Å². The fourth-order valence-electron chi connectivity index (χ4n) is 4.41. The van der Waals surface area contributed by atoms with Crippen LogP contribution in [0, 0.1) is 13.8 Å². The van der Waals surface area contributed by atoms with E-state index in [2.05, 4.69) is 44.8 Å². The molecule has 0 radical (unpaired) electrons. The normalized spacial score (nSPS) is 18.1. The minimum absolute atomic E-state index is 0.0212. The van der Waals surface area contributed by atoms with E-state index in [-0.39, 0.29) is 5.69 Å². The van der Waals surface area contributed by atoms with Crippen molar-refractivity contribution in [1.29, 1.82) is 0 Å². The monoisotopic (exact) mass is 384 g/mol. The summed E-state index contributed by atoms with van der Waals surface area (Å²) in [6.07, 6.45) is 5.62. The summed E-state index contributed by atoms with van der Waals surface area (Å²) in [5.74, 6) is 1.22. The summed E-state index contributed by atoms with van der Waals surface area (Å²) in [4.78, 5) is 14.7. The van der Waals surface area contributed by atoms with E-state index < -0.39 is 0 Å². The molecule has 1 fully saturated rings. The highest BCUT2D eigenvalue weighted by molar-refractivity contribution is 5.27. The van der Waals surface area contributed by atoms with Gasteiger partial charge in [0.1, 0.15) is 18.5 Å². The minimum Gasteiger partial charge on any atom is -0.298 e. The quantitative estimate of drug-likeness (QED) is 0.663. The molecular weight excluding hydrogens is 356 g/mol. The molecule has 4 heterocycles. The van der Waals surface area contributed by atoms with Gasteiger partial charge in [0.05, 0.1) is 0 Å². The van der Waals surface area contributed by atoms with Crippen molar-refractivity contribution in [2.75, 3.05) is 13.1 Å². The second-order valence-electron chi connectivity index (χ2n) is 7.63. The average molecular weight is 384 g/mol. The van der Waals surface area contributed by atoms with Gasteiger partial charge in [-0.2, -0.15) is 5.10 Å². The summed E-state index contributed by atoms with van der Waals surface area (Å²) in [6.45, 7) is 9.79. The maximum atomic E-state index is 12.3. The van der Waals surface area contributed by atoms with E-state index in [9.17, 15) is 4.79 Å². The van der Waals surface area contributed by atoms with E-state index in [1.165, 1.54) is 15.9 Å². The number of aromatic nitrogens is 7. The molecule has 0 spiro atoms. The summed E-state index contributed by atoms with van der Waals surface area (Å²) in [7, 11) is 1.73. The molecule has 28 heavy (non-hydrogen) atoms. The molecule has 0 saturated carbocycles. The van der Waals surface area contributed by atoms with Crippen LogP contribution >= 0.6 is 0 Å². The third-order valence-corrected chi connectivity index (χ3v) is 5.75. The van der Waals surface area contributed by atoms with Gasteiger partial charge >= 0.3 is 5.69 Å². The smallest absolute Gasteiger partial charge is 0.298 e. The number of aryl methyl sites for hydroxylation is 2. The Labute approximate surface area is 164 Å². The molecule has 1 aliphatic rings. The molecule has 1 atom stereocenters. The van der Waals surface area contributed by atoms with Gasteiger partial charge in [-0.05, 0) is 51.8 Å². The maximum Gasteiger partial charge on any atom is 0.345 e. The zero-order chi connectivity index (χ0) is 19.8. The van der Waals surface area contributed by atoms with Crippen LogP contribution in [0.5, 0.6) is 0 Å². The molecular formula is C19H28N8O. The van der Waals surface area contributed by atoms with Crippen molar-refractivity contribution < 1.29 is 0 Å². The second kappa shape index (κ2) is 7.38. The first kappa shape index (κ1) is 18.7. The average Bonchev–Trinajstić information content (AvgIpc) is 3.36. The number of likely N-dealkylation sites (tertiary alicyclic amines) is 1. The number of hydrogen-bond donors (Lipinski definition) is 0. The molecule has 0 bridgehead atoms. The highest BCUT2D eigenvalue weighted by Gasteiger charge is 2.27. The summed E-state index contributed by atoms with van der Waals surface area (Å²) in [6, 6.07) is 2.24. The molecule has 0 N–H and O–H groups in total. The topological polar surface area (TPSA) is 78.7 Å². The molecule has 0 aliphatic carbocycles. The lowest BCUT2D eigenvalue weighted by Crippen LogP contribution is -2.35. The molecule has 4 rings (SSSR count). The van der Waals surface area contributed by atoms with E-state index in [4.69, 9.17) is 0 Å². The predicted octanol–water partition coefficient (Wildman–Crippen LogP) is 1.30. The van der Waals surface area contributed by atoms with Gasteiger partial charge in [-0.15, -0.1) is 10.2 Å².